The molecule has 2 aromatic heterocycles. The number of carboxylic acids is 1. The summed E-state index contributed by atoms with van der Waals surface area (Å²) in [5.41, 5.74) is 5.06. The number of rotatable bonds is 8. The molecule has 0 bridgehead atoms. The van der Waals surface area contributed by atoms with Crippen molar-refractivity contribution in [2.75, 3.05) is 18.0 Å². The van der Waals surface area contributed by atoms with Crippen LogP contribution in [0, 0.1) is 24.6 Å². The van der Waals surface area contributed by atoms with Gasteiger partial charge < -0.3 is 19.3 Å². The third-order valence-electron chi connectivity index (χ3n) is 9.02. The lowest BCUT2D eigenvalue weighted by Gasteiger charge is -2.32. The smallest absolute Gasteiger partial charge is 0.307 e. The molecular weight excluding hydrogens is 531 g/mol. The Labute approximate surface area is 246 Å². The van der Waals surface area contributed by atoms with Crippen molar-refractivity contribution < 1.29 is 19.0 Å². The van der Waals surface area contributed by atoms with Crippen LogP contribution in [0.3, 0.4) is 0 Å². The van der Waals surface area contributed by atoms with Crippen LogP contribution in [0.4, 0.5) is 10.1 Å². The standard InChI is InChI=1S/C34H39FN4O3/c1-22-13-15-38(16-14-22)25-9-7-24(8-10-25)20-39-32-18-26(42-21-31-29(35)17-23(2)19-36-31)11-12-30(32)37-33(39)27-5-3-4-6-28(27)34(40)41/h7-12,17-19,22,27-28H,3-6,13-16,20-21H2,1-2H3,(H,40,41). The number of anilines is 1. The predicted molar refractivity (Wildman–Crippen MR) is 161 cm³/mol. The summed E-state index contributed by atoms with van der Waals surface area (Å²) in [6.45, 7) is 6.88. The summed E-state index contributed by atoms with van der Waals surface area (Å²) in [7, 11) is 0. The van der Waals surface area contributed by atoms with Gasteiger partial charge in [-0.05, 0) is 80.0 Å². The van der Waals surface area contributed by atoms with Crippen LogP contribution in [0.2, 0.25) is 0 Å². The monoisotopic (exact) mass is 570 g/mol. The summed E-state index contributed by atoms with van der Waals surface area (Å²) in [6, 6.07) is 15.9. The van der Waals surface area contributed by atoms with E-state index in [1.807, 2.05) is 18.2 Å². The number of imidazole rings is 1. The molecule has 1 saturated carbocycles. The van der Waals surface area contributed by atoms with Crippen LogP contribution >= 0.6 is 0 Å². The first kappa shape index (κ1) is 28.2. The predicted octanol–water partition coefficient (Wildman–Crippen LogP) is 7.10. The minimum Gasteiger partial charge on any atom is -0.487 e. The van der Waals surface area contributed by atoms with Crippen molar-refractivity contribution in [1.82, 2.24) is 14.5 Å². The molecule has 2 aromatic carbocycles. The van der Waals surface area contributed by atoms with E-state index in [2.05, 4.69) is 45.6 Å². The van der Waals surface area contributed by atoms with Gasteiger partial charge in [0.05, 0.1) is 17.0 Å². The number of fused-ring (bicyclic) bond motifs is 1. The van der Waals surface area contributed by atoms with E-state index in [9.17, 15) is 14.3 Å². The van der Waals surface area contributed by atoms with Crippen LogP contribution in [0.1, 0.15) is 74.0 Å². The van der Waals surface area contributed by atoms with Gasteiger partial charge in [-0.3, -0.25) is 9.78 Å². The number of benzene rings is 2. The summed E-state index contributed by atoms with van der Waals surface area (Å²) in [5.74, 6) is 0.430. The van der Waals surface area contributed by atoms with Gasteiger partial charge in [-0.1, -0.05) is 31.9 Å². The maximum Gasteiger partial charge on any atom is 0.307 e. The highest BCUT2D eigenvalue weighted by atomic mass is 19.1. The highest BCUT2D eigenvalue weighted by molar-refractivity contribution is 5.79. The maximum atomic E-state index is 14.4. The molecule has 1 aliphatic heterocycles. The van der Waals surface area contributed by atoms with Crippen molar-refractivity contribution >= 4 is 22.7 Å². The average Bonchev–Trinajstić information content (AvgIpc) is 3.35. The van der Waals surface area contributed by atoms with Gasteiger partial charge in [-0.25, -0.2) is 9.37 Å². The topological polar surface area (TPSA) is 80.5 Å². The van der Waals surface area contributed by atoms with Crippen molar-refractivity contribution in [1.29, 1.82) is 0 Å². The fourth-order valence-electron chi connectivity index (χ4n) is 6.48. The quantitative estimate of drug-likeness (QED) is 0.243. The third-order valence-corrected chi connectivity index (χ3v) is 9.02. The van der Waals surface area contributed by atoms with Crippen molar-refractivity contribution in [3.63, 3.8) is 0 Å². The Hall–Kier alpha value is -3.94. The largest absolute Gasteiger partial charge is 0.487 e. The zero-order valence-electron chi connectivity index (χ0n) is 24.4. The Morgan fingerprint density at radius 3 is 2.55 bits per heavy atom. The zero-order valence-corrected chi connectivity index (χ0v) is 24.4. The Kier molecular flexibility index (Phi) is 8.13. The normalized spacial score (nSPS) is 19.7. The first-order valence-electron chi connectivity index (χ1n) is 15.2. The van der Waals surface area contributed by atoms with Gasteiger partial charge in [0, 0.05) is 43.5 Å². The number of halogens is 1. The van der Waals surface area contributed by atoms with Crippen LogP contribution in [0.25, 0.3) is 11.0 Å². The van der Waals surface area contributed by atoms with E-state index in [1.165, 1.54) is 24.6 Å². The Morgan fingerprint density at radius 2 is 1.81 bits per heavy atom. The highest BCUT2D eigenvalue weighted by Crippen LogP contribution is 2.39. The molecule has 2 aliphatic rings. The molecule has 0 amide bonds. The first-order chi connectivity index (χ1) is 20.4. The van der Waals surface area contributed by atoms with Gasteiger partial charge >= 0.3 is 5.97 Å². The summed E-state index contributed by atoms with van der Waals surface area (Å²) in [6.07, 6.45) is 7.44. The lowest BCUT2D eigenvalue weighted by atomic mass is 9.78. The number of hydrogen-bond donors (Lipinski definition) is 1. The molecule has 3 heterocycles. The number of aromatic nitrogens is 3. The molecule has 0 radical (unpaired) electrons. The van der Waals surface area contributed by atoms with E-state index in [0.717, 1.165) is 66.3 Å². The Balaban J connectivity index is 1.32. The van der Waals surface area contributed by atoms with Crippen LogP contribution in [-0.2, 0) is 17.9 Å². The number of piperidine rings is 1. The van der Waals surface area contributed by atoms with Crippen LogP contribution in [-0.4, -0.2) is 38.7 Å². The van der Waals surface area contributed by atoms with Crippen molar-refractivity contribution in [3.05, 3.63) is 83.2 Å². The fourth-order valence-corrected chi connectivity index (χ4v) is 6.48. The van der Waals surface area contributed by atoms with E-state index in [-0.39, 0.29) is 24.0 Å². The third kappa shape index (κ3) is 5.98. The molecule has 8 heteroatoms. The lowest BCUT2D eigenvalue weighted by molar-refractivity contribution is -0.143. The molecule has 2 fully saturated rings. The number of carbonyl (C=O) groups is 1. The molecule has 2 atom stereocenters. The highest BCUT2D eigenvalue weighted by Gasteiger charge is 2.35. The molecule has 7 nitrogen and oxygen atoms in total. The van der Waals surface area contributed by atoms with Gasteiger partial charge in [-0.15, -0.1) is 0 Å². The van der Waals surface area contributed by atoms with Crippen LogP contribution in [0.5, 0.6) is 5.75 Å². The fraction of sp³-hybridized carbons (Fsp3) is 0.441. The number of aliphatic carboxylic acids is 1. The van der Waals surface area contributed by atoms with Crippen molar-refractivity contribution in [2.45, 2.75) is 71.4 Å². The molecular formula is C34H39FN4O3. The van der Waals surface area contributed by atoms with Gasteiger partial charge in [0.1, 0.15) is 29.7 Å². The minimum absolute atomic E-state index is 0.0130. The molecule has 1 N–H and O–H groups in total. The molecule has 220 valence electrons. The summed E-state index contributed by atoms with van der Waals surface area (Å²) in [4.78, 5) is 23.9. The van der Waals surface area contributed by atoms with Gasteiger partial charge in [0.15, 0.2) is 0 Å². The van der Waals surface area contributed by atoms with Crippen molar-refractivity contribution in [3.8, 4) is 5.75 Å². The summed E-state index contributed by atoms with van der Waals surface area (Å²) < 4.78 is 22.5. The van der Waals surface area contributed by atoms with E-state index in [4.69, 9.17) is 9.72 Å². The number of ether oxygens (including phenoxy) is 1. The molecule has 6 rings (SSSR count). The summed E-state index contributed by atoms with van der Waals surface area (Å²) >= 11 is 0. The second kappa shape index (κ2) is 12.1. The summed E-state index contributed by atoms with van der Waals surface area (Å²) in [5, 5.41) is 10.1. The number of pyridine rings is 1. The lowest BCUT2D eigenvalue weighted by Crippen LogP contribution is -2.32. The Bertz CT molecular complexity index is 1560. The van der Waals surface area contributed by atoms with Crippen LogP contribution in [0.15, 0.2) is 54.7 Å². The maximum absolute atomic E-state index is 14.4. The second-order valence-corrected chi connectivity index (χ2v) is 12.1. The molecule has 42 heavy (non-hydrogen) atoms. The molecule has 1 aliphatic carbocycles. The molecule has 2 unspecified atom stereocenters. The SMILES string of the molecule is Cc1cnc(COc2ccc3nc(C4CCCCC4C(=O)O)n(Cc4ccc(N5CCC(C)CC5)cc4)c3c2)c(F)c1. The Morgan fingerprint density at radius 1 is 1.05 bits per heavy atom. The van der Waals surface area contributed by atoms with E-state index in [0.29, 0.717) is 18.7 Å². The number of hydrogen-bond acceptors (Lipinski definition) is 5. The van der Waals surface area contributed by atoms with Gasteiger partial charge in [0.2, 0.25) is 0 Å². The zero-order chi connectivity index (χ0) is 29.2. The van der Waals surface area contributed by atoms with E-state index in [1.54, 1.807) is 13.1 Å². The molecule has 0 spiro atoms. The van der Waals surface area contributed by atoms with E-state index >= 15 is 0 Å². The number of aryl methyl sites for hydroxylation is 1. The number of nitrogens with zero attached hydrogens (tertiary/aromatic N) is 4. The second-order valence-electron chi connectivity index (χ2n) is 12.1. The number of carboxylic acid groups (broad SMARTS) is 1. The van der Waals surface area contributed by atoms with Gasteiger partial charge in [-0.2, -0.15) is 0 Å². The molecule has 4 aromatic rings. The molecule has 1 saturated heterocycles. The average molecular weight is 571 g/mol. The van der Waals surface area contributed by atoms with E-state index < -0.39 is 11.9 Å². The first-order valence-corrected chi connectivity index (χ1v) is 15.2. The van der Waals surface area contributed by atoms with Crippen LogP contribution < -0.4 is 9.64 Å². The minimum atomic E-state index is -0.754. The van der Waals surface area contributed by atoms with Gasteiger partial charge in [0.25, 0.3) is 0 Å². The van der Waals surface area contributed by atoms with Crippen molar-refractivity contribution in [2.24, 2.45) is 11.8 Å².